The van der Waals surface area contributed by atoms with Gasteiger partial charge in [0.1, 0.15) is 5.03 Å². The average molecular weight is 678 g/mol. The van der Waals surface area contributed by atoms with Crippen LogP contribution in [0.25, 0.3) is 38.9 Å². The molecule has 48 heavy (non-hydrogen) atoms. The fourth-order valence-electron chi connectivity index (χ4n) is 6.19. The number of aromatic amines is 1. The molecule has 0 spiro atoms. The standard InChI is InChI=1S/C36H39N9OS2/c1-24(2)5-11-30-34(27-8-12-31-32(21-27)47-25(3)39-31)40-41-36(30)48-42-28-13-16-43(22-28)23-33(46)45-19-17-44(18-20-45)29-9-6-26(7-10-29)35-37-14-4-15-38-35/h4-12,14-15,21,28,42H,1,13,16-20,22-23H2,2-3H3,(H,40,41)/b11-5+. The van der Waals surface area contributed by atoms with Gasteiger partial charge in [0.25, 0.3) is 0 Å². The maximum Gasteiger partial charge on any atom is 0.236 e. The van der Waals surface area contributed by atoms with Gasteiger partial charge in [-0.3, -0.25) is 19.5 Å². The van der Waals surface area contributed by atoms with Crippen LogP contribution in [-0.4, -0.2) is 92.7 Å². The topological polar surface area (TPSA) is 106 Å². The quantitative estimate of drug-likeness (QED) is 0.135. The highest BCUT2D eigenvalue weighted by Gasteiger charge is 2.28. The first-order chi connectivity index (χ1) is 23.4. The lowest BCUT2D eigenvalue weighted by atomic mass is 10.1. The Kier molecular flexibility index (Phi) is 9.66. The number of aromatic nitrogens is 5. The molecule has 0 saturated carbocycles. The number of benzene rings is 2. The van der Waals surface area contributed by atoms with Crippen LogP contribution in [0.1, 0.15) is 23.9 Å². The number of piperazine rings is 1. The molecule has 2 saturated heterocycles. The maximum absolute atomic E-state index is 13.3. The zero-order chi connectivity index (χ0) is 33.0. The molecule has 1 atom stereocenters. The summed E-state index contributed by atoms with van der Waals surface area (Å²) < 4.78 is 4.79. The number of nitrogens with zero attached hydrogens (tertiary/aromatic N) is 7. The summed E-state index contributed by atoms with van der Waals surface area (Å²) in [5, 5.41) is 9.91. The number of carbonyl (C=O) groups excluding carboxylic acids is 1. The van der Waals surface area contributed by atoms with E-state index in [1.54, 1.807) is 35.7 Å². The highest BCUT2D eigenvalue weighted by molar-refractivity contribution is 7.97. The van der Waals surface area contributed by atoms with E-state index in [0.717, 1.165) is 105 Å². The van der Waals surface area contributed by atoms with Crippen molar-refractivity contribution in [3.63, 3.8) is 0 Å². The van der Waals surface area contributed by atoms with Crippen LogP contribution >= 0.6 is 23.3 Å². The molecule has 10 nitrogen and oxygen atoms in total. The number of thiazole rings is 1. The number of carbonyl (C=O) groups is 1. The molecule has 12 heteroatoms. The van der Waals surface area contributed by atoms with Gasteiger partial charge in [-0.2, -0.15) is 5.10 Å². The lowest BCUT2D eigenvalue weighted by molar-refractivity contribution is -0.132. The molecule has 0 aliphatic carbocycles. The predicted molar refractivity (Wildman–Crippen MR) is 196 cm³/mol. The van der Waals surface area contributed by atoms with E-state index in [4.69, 9.17) is 0 Å². The van der Waals surface area contributed by atoms with Gasteiger partial charge >= 0.3 is 0 Å². The molecule has 0 radical (unpaired) electrons. The lowest BCUT2D eigenvalue weighted by Gasteiger charge is -2.36. The van der Waals surface area contributed by atoms with Crippen LogP contribution in [0, 0.1) is 6.92 Å². The second-order valence-corrected chi connectivity index (χ2v) is 14.4. The first-order valence-corrected chi connectivity index (χ1v) is 17.9. The van der Waals surface area contributed by atoms with Gasteiger partial charge in [0.2, 0.25) is 5.91 Å². The largest absolute Gasteiger partial charge is 0.368 e. The van der Waals surface area contributed by atoms with Crippen LogP contribution in [0.4, 0.5) is 5.69 Å². The monoisotopic (exact) mass is 677 g/mol. The van der Waals surface area contributed by atoms with Crippen molar-refractivity contribution in [3.05, 3.63) is 89.7 Å². The zero-order valence-corrected chi connectivity index (χ0v) is 28.9. The van der Waals surface area contributed by atoms with Crippen LogP contribution in [0.15, 0.2) is 84.2 Å². The first kappa shape index (κ1) is 32.2. The Morgan fingerprint density at radius 1 is 1.08 bits per heavy atom. The summed E-state index contributed by atoms with van der Waals surface area (Å²) in [5.41, 5.74) is 7.23. The molecular formula is C36H39N9OS2. The number of hydrogen-bond donors (Lipinski definition) is 2. The second-order valence-electron chi connectivity index (χ2n) is 12.3. The summed E-state index contributed by atoms with van der Waals surface area (Å²) in [4.78, 5) is 33.2. The molecule has 0 bridgehead atoms. The van der Waals surface area contributed by atoms with E-state index in [-0.39, 0.29) is 11.9 Å². The minimum Gasteiger partial charge on any atom is -0.368 e. The number of anilines is 1. The summed E-state index contributed by atoms with van der Waals surface area (Å²) in [6.07, 6.45) is 8.60. The molecule has 1 amide bonds. The van der Waals surface area contributed by atoms with E-state index in [1.165, 1.54) is 0 Å². The minimum atomic E-state index is 0.205. The summed E-state index contributed by atoms with van der Waals surface area (Å²) in [6, 6.07) is 16.8. The summed E-state index contributed by atoms with van der Waals surface area (Å²) in [5.74, 6) is 0.932. The van der Waals surface area contributed by atoms with Crippen molar-refractivity contribution in [3.8, 4) is 22.6 Å². The van der Waals surface area contributed by atoms with Crippen molar-refractivity contribution in [2.45, 2.75) is 31.3 Å². The van der Waals surface area contributed by atoms with Gasteiger partial charge in [-0.15, -0.1) is 11.3 Å². The van der Waals surface area contributed by atoms with Gasteiger partial charge in [0.15, 0.2) is 5.82 Å². The first-order valence-electron chi connectivity index (χ1n) is 16.2. The number of nitrogens with one attached hydrogen (secondary N) is 2. The smallest absolute Gasteiger partial charge is 0.236 e. The summed E-state index contributed by atoms with van der Waals surface area (Å²) >= 11 is 3.25. The maximum atomic E-state index is 13.3. The predicted octanol–water partition coefficient (Wildman–Crippen LogP) is 6.06. The molecule has 3 aromatic heterocycles. The Hall–Kier alpha value is -4.36. The highest BCUT2D eigenvalue weighted by Crippen LogP contribution is 2.34. The molecule has 2 aromatic carbocycles. The molecule has 1 unspecified atom stereocenters. The van der Waals surface area contributed by atoms with Crippen molar-refractivity contribution in [1.29, 1.82) is 0 Å². The minimum absolute atomic E-state index is 0.205. The summed E-state index contributed by atoms with van der Waals surface area (Å²) in [7, 11) is 0. The number of amides is 1. The van der Waals surface area contributed by atoms with E-state index in [0.29, 0.717) is 6.54 Å². The highest BCUT2D eigenvalue weighted by atomic mass is 32.2. The van der Waals surface area contributed by atoms with E-state index in [1.807, 2.05) is 30.9 Å². The van der Waals surface area contributed by atoms with Gasteiger partial charge in [-0.05, 0) is 80.8 Å². The third kappa shape index (κ3) is 7.36. The molecule has 2 aliphatic heterocycles. The van der Waals surface area contributed by atoms with E-state index < -0.39 is 0 Å². The molecule has 2 N–H and O–H groups in total. The molecule has 2 fully saturated rings. The van der Waals surface area contributed by atoms with Gasteiger partial charge in [-0.1, -0.05) is 24.3 Å². The molecular weight excluding hydrogens is 639 g/mol. The van der Waals surface area contributed by atoms with Crippen molar-refractivity contribution < 1.29 is 4.79 Å². The van der Waals surface area contributed by atoms with Gasteiger partial charge < -0.3 is 9.80 Å². The fraction of sp³-hybridized carbons (Fsp3) is 0.306. The number of allylic oxidation sites excluding steroid dienone is 2. The van der Waals surface area contributed by atoms with Gasteiger partial charge in [0, 0.05) is 80.1 Å². The van der Waals surface area contributed by atoms with Crippen molar-refractivity contribution in [1.82, 2.24) is 39.7 Å². The number of aryl methyl sites for hydroxylation is 1. The molecule has 2 aliphatic rings. The van der Waals surface area contributed by atoms with E-state index in [9.17, 15) is 4.79 Å². The number of H-pyrrole nitrogens is 1. The Bertz CT molecular complexity index is 1930. The van der Waals surface area contributed by atoms with E-state index >= 15 is 0 Å². The molecule has 5 aromatic rings. The second kappa shape index (κ2) is 14.4. The summed E-state index contributed by atoms with van der Waals surface area (Å²) in [6.45, 7) is 13.3. The Labute approximate surface area is 289 Å². The average Bonchev–Trinajstić information content (AvgIpc) is 3.84. The zero-order valence-electron chi connectivity index (χ0n) is 27.2. The lowest BCUT2D eigenvalue weighted by Crippen LogP contribution is -2.51. The number of hydrogen-bond acceptors (Lipinski definition) is 10. The van der Waals surface area contributed by atoms with Gasteiger partial charge in [-0.25, -0.2) is 15.0 Å². The Balaban J connectivity index is 0.911. The van der Waals surface area contributed by atoms with Crippen LogP contribution in [0.2, 0.25) is 0 Å². The third-order valence-corrected chi connectivity index (χ3v) is 10.6. The molecule has 5 heterocycles. The van der Waals surface area contributed by atoms with Crippen molar-refractivity contribution >= 4 is 51.2 Å². The van der Waals surface area contributed by atoms with Crippen LogP contribution in [-0.2, 0) is 4.79 Å². The third-order valence-electron chi connectivity index (χ3n) is 8.73. The molecule has 7 rings (SSSR count). The fourth-order valence-corrected chi connectivity index (χ4v) is 7.90. The number of likely N-dealkylation sites (tertiary alicyclic amines) is 1. The Morgan fingerprint density at radius 2 is 1.85 bits per heavy atom. The SMILES string of the molecule is C=C(C)/C=C/c1c(SNC2CCN(CC(=O)N3CCN(c4ccc(-c5ncccn5)cc4)CC3)C2)n[nH]c1-c1ccc2nc(C)sc2c1. The number of rotatable bonds is 10. The normalized spacial score (nSPS) is 17.2. The van der Waals surface area contributed by atoms with Crippen molar-refractivity contribution in [2.75, 3.05) is 50.7 Å². The van der Waals surface area contributed by atoms with E-state index in [2.05, 4.69) is 94.8 Å². The molecule has 246 valence electrons. The van der Waals surface area contributed by atoms with Crippen molar-refractivity contribution in [2.24, 2.45) is 0 Å². The number of fused-ring (bicyclic) bond motifs is 1. The van der Waals surface area contributed by atoms with Gasteiger partial charge in [0.05, 0.1) is 27.5 Å². The van der Waals surface area contributed by atoms with Crippen LogP contribution in [0.5, 0.6) is 0 Å². The van der Waals surface area contributed by atoms with Crippen LogP contribution in [0.3, 0.4) is 0 Å². The van der Waals surface area contributed by atoms with Crippen LogP contribution < -0.4 is 9.62 Å². The Morgan fingerprint density at radius 3 is 2.62 bits per heavy atom.